The number of aromatic nitrogens is 1. The van der Waals surface area contributed by atoms with Crippen LogP contribution in [0.3, 0.4) is 0 Å². The van der Waals surface area contributed by atoms with E-state index >= 15 is 0 Å². The molecular weight excluding hydrogens is 284 g/mol. The number of nitrogens with two attached hydrogens (primary N) is 2. The molecule has 0 radical (unpaired) electrons. The van der Waals surface area contributed by atoms with E-state index in [9.17, 15) is 4.79 Å². The van der Waals surface area contributed by atoms with Crippen molar-refractivity contribution in [3.05, 3.63) is 36.4 Å². The predicted octanol–water partition coefficient (Wildman–Crippen LogP) is 1.05. The molecule has 0 unspecified atom stereocenters. The molecule has 2 aromatic rings. The molecule has 2 heterocycles. The topological polar surface area (TPSA) is 104 Å². The van der Waals surface area contributed by atoms with Gasteiger partial charge in [-0.05, 0) is 24.3 Å². The molecule has 1 aliphatic heterocycles. The van der Waals surface area contributed by atoms with Gasteiger partial charge in [0.15, 0.2) is 18.2 Å². The molecule has 0 fully saturated rings. The third-order valence-electron chi connectivity index (χ3n) is 3.21. The van der Waals surface area contributed by atoms with E-state index in [0.29, 0.717) is 42.0 Å². The Morgan fingerprint density at radius 3 is 2.95 bits per heavy atom. The third kappa shape index (κ3) is 2.88. The summed E-state index contributed by atoms with van der Waals surface area (Å²) in [6.45, 7) is 0.641. The highest BCUT2D eigenvalue weighted by molar-refractivity contribution is 5.96. The van der Waals surface area contributed by atoms with Crippen LogP contribution in [-0.2, 0) is 4.79 Å². The van der Waals surface area contributed by atoms with Crippen LogP contribution >= 0.6 is 0 Å². The summed E-state index contributed by atoms with van der Waals surface area (Å²) >= 11 is 0. The highest BCUT2D eigenvalue weighted by atomic mass is 16.5. The Kier molecular flexibility index (Phi) is 3.69. The monoisotopic (exact) mass is 300 g/mol. The molecule has 114 valence electrons. The van der Waals surface area contributed by atoms with Crippen molar-refractivity contribution in [3.63, 3.8) is 0 Å². The summed E-state index contributed by atoms with van der Waals surface area (Å²) in [5.41, 5.74) is 12.0. The van der Waals surface area contributed by atoms with Crippen molar-refractivity contribution in [1.29, 1.82) is 0 Å². The van der Waals surface area contributed by atoms with Gasteiger partial charge in [-0.15, -0.1) is 0 Å². The molecule has 1 aliphatic rings. The number of hydrogen-bond donors (Lipinski definition) is 2. The van der Waals surface area contributed by atoms with Gasteiger partial charge < -0.3 is 20.9 Å². The van der Waals surface area contributed by atoms with Crippen LogP contribution in [0.4, 0.5) is 17.3 Å². The maximum Gasteiger partial charge on any atom is 0.266 e. The van der Waals surface area contributed by atoms with E-state index < -0.39 is 0 Å². The lowest BCUT2D eigenvalue weighted by molar-refractivity contribution is -0.121. The minimum atomic E-state index is -0.179. The summed E-state index contributed by atoms with van der Waals surface area (Å²) < 4.78 is 10.9. The number of anilines is 3. The van der Waals surface area contributed by atoms with Crippen LogP contribution < -0.4 is 25.8 Å². The minimum absolute atomic E-state index is 0.0170. The molecule has 22 heavy (non-hydrogen) atoms. The van der Waals surface area contributed by atoms with Gasteiger partial charge in [0.2, 0.25) is 0 Å². The van der Waals surface area contributed by atoms with E-state index in [1.807, 2.05) is 12.1 Å². The van der Waals surface area contributed by atoms with Crippen molar-refractivity contribution >= 4 is 23.2 Å². The number of benzene rings is 1. The summed E-state index contributed by atoms with van der Waals surface area (Å²) in [5, 5.41) is 0. The first-order valence-electron chi connectivity index (χ1n) is 6.81. The van der Waals surface area contributed by atoms with Gasteiger partial charge in [0, 0.05) is 11.8 Å². The fourth-order valence-corrected chi connectivity index (χ4v) is 2.18. The molecule has 0 bridgehead atoms. The van der Waals surface area contributed by atoms with Crippen molar-refractivity contribution < 1.29 is 14.3 Å². The average Bonchev–Trinajstić information content (AvgIpc) is 2.50. The molecule has 0 aliphatic carbocycles. The predicted molar refractivity (Wildman–Crippen MR) is 82.8 cm³/mol. The Hall–Kier alpha value is -2.96. The lowest BCUT2D eigenvalue weighted by Crippen LogP contribution is -2.41. The number of ether oxygens (including phenoxy) is 2. The zero-order valence-electron chi connectivity index (χ0n) is 11.9. The van der Waals surface area contributed by atoms with Crippen molar-refractivity contribution in [2.45, 2.75) is 0 Å². The first-order valence-corrected chi connectivity index (χ1v) is 6.81. The molecule has 4 N–H and O–H groups in total. The minimum Gasteiger partial charge on any atom is -0.492 e. The number of hydrogen-bond acceptors (Lipinski definition) is 6. The number of carbonyl (C=O) groups excluding carboxylic acids is 1. The van der Waals surface area contributed by atoms with E-state index in [0.717, 1.165) is 0 Å². The Morgan fingerprint density at radius 1 is 1.27 bits per heavy atom. The maximum absolute atomic E-state index is 12.0. The van der Waals surface area contributed by atoms with Gasteiger partial charge in [0.25, 0.3) is 5.91 Å². The van der Waals surface area contributed by atoms with Gasteiger partial charge in [-0.2, -0.15) is 0 Å². The van der Waals surface area contributed by atoms with Crippen LogP contribution in [0.5, 0.6) is 11.5 Å². The van der Waals surface area contributed by atoms with Crippen LogP contribution in [-0.4, -0.2) is 30.6 Å². The summed E-state index contributed by atoms with van der Waals surface area (Å²) in [7, 11) is 0. The molecule has 7 nitrogen and oxygen atoms in total. The molecule has 1 aromatic carbocycles. The number of carbonyl (C=O) groups is 1. The van der Waals surface area contributed by atoms with Crippen LogP contribution in [0.2, 0.25) is 0 Å². The number of pyridine rings is 1. The molecule has 7 heteroatoms. The Balaban J connectivity index is 1.70. The highest BCUT2D eigenvalue weighted by Crippen LogP contribution is 2.30. The number of nitrogen functional groups attached to an aromatic ring is 2. The van der Waals surface area contributed by atoms with Crippen LogP contribution in [0.15, 0.2) is 36.4 Å². The summed E-state index contributed by atoms with van der Waals surface area (Å²) in [5.74, 6) is 1.77. The normalized spacial score (nSPS) is 13.5. The van der Waals surface area contributed by atoms with Crippen LogP contribution in [0.25, 0.3) is 0 Å². The largest absolute Gasteiger partial charge is 0.492 e. The molecular formula is C15H16N4O3. The van der Waals surface area contributed by atoms with Gasteiger partial charge >= 0.3 is 0 Å². The molecule has 1 amide bonds. The number of rotatable bonds is 4. The van der Waals surface area contributed by atoms with Crippen LogP contribution in [0, 0.1) is 0 Å². The molecule has 0 spiro atoms. The van der Waals surface area contributed by atoms with E-state index in [-0.39, 0.29) is 12.5 Å². The molecule has 0 saturated carbocycles. The molecule has 0 atom stereocenters. The number of amides is 1. The third-order valence-corrected chi connectivity index (χ3v) is 3.21. The Morgan fingerprint density at radius 2 is 2.14 bits per heavy atom. The highest BCUT2D eigenvalue weighted by Gasteiger charge is 2.26. The first-order chi connectivity index (χ1) is 10.6. The van der Waals surface area contributed by atoms with Crippen molar-refractivity contribution in [2.75, 3.05) is 36.1 Å². The first kappa shape index (κ1) is 14.0. The van der Waals surface area contributed by atoms with Crippen LogP contribution in [0.1, 0.15) is 0 Å². The Bertz CT molecular complexity index is 705. The smallest absolute Gasteiger partial charge is 0.266 e. The fraction of sp³-hybridized carbons (Fsp3) is 0.200. The van der Waals surface area contributed by atoms with Gasteiger partial charge in [-0.25, -0.2) is 4.98 Å². The van der Waals surface area contributed by atoms with E-state index in [2.05, 4.69) is 4.98 Å². The maximum atomic E-state index is 12.0. The SMILES string of the molecule is Nc1cccc(OCCN2C(=O)COc3ccc(N)nc32)c1. The fourth-order valence-electron chi connectivity index (χ4n) is 2.18. The zero-order valence-corrected chi connectivity index (χ0v) is 11.9. The van der Waals surface area contributed by atoms with Gasteiger partial charge in [0.05, 0.1) is 6.54 Å². The van der Waals surface area contributed by atoms with Crippen molar-refractivity contribution in [3.8, 4) is 11.5 Å². The van der Waals surface area contributed by atoms with E-state index in [1.54, 1.807) is 24.3 Å². The van der Waals surface area contributed by atoms with Crippen molar-refractivity contribution in [1.82, 2.24) is 4.98 Å². The second-order valence-electron chi connectivity index (χ2n) is 4.81. The van der Waals surface area contributed by atoms with Gasteiger partial charge in [-0.3, -0.25) is 9.69 Å². The van der Waals surface area contributed by atoms with Gasteiger partial charge in [0.1, 0.15) is 18.2 Å². The standard InChI is InChI=1S/C15H16N4O3/c16-10-2-1-3-11(8-10)21-7-6-19-14(20)9-22-12-4-5-13(17)18-15(12)19/h1-5,8H,6-7,9,16H2,(H2,17,18). The summed E-state index contributed by atoms with van der Waals surface area (Å²) in [6, 6.07) is 10.5. The zero-order chi connectivity index (χ0) is 15.5. The second kappa shape index (κ2) is 5.80. The summed E-state index contributed by atoms with van der Waals surface area (Å²) in [6.07, 6.45) is 0. The Labute approximate surface area is 127 Å². The second-order valence-corrected chi connectivity index (χ2v) is 4.81. The molecule has 0 saturated heterocycles. The summed E-state index contributed by atoms with van der Waals surface area (Å²) in [4.78, 5) is 17.7. The van der Waals surface area contributed by atoms with Crippen molar-refractivity contribution in [2.24, 2.45) is 0 Å². The van der Waals surface area contributed by atoms with Gasteiger partial charge in [-0.1, -0.05) is 6.07 Å². The number of fused-ring (bicyclic) bond motifs is 1. The van der Waals surface area contributed by atoms with E-state index in [4.69, 9.17) is 20.9 Å². The molecule has 3 rings (SSSR count). The average molecular weight is 300 g/mol. The van der Waals surface area contributed by atoms with E-state index in [1.165, 1.54) is 4.90 Å². The lowest BCUT2D eigenvalue weighted by atomic mass is 10.3. The quantitative estimate of drug-likeness (QED) is 0.818. The molecule has 1 aromatic heterocycles. The number of nitrogens with zero attached hydrogens (tertiary/aromatic N) is 2. The lowest BCUT2D eigenvalue weighted by Gasteiger charge is -2.28.